The first kappa shape index (κ1) is 73.9. The Balaban J connectivity index is 0.000000129. The molecular weight excluding hydrogens is 1500 g/mol. The van der Waals surface area contributed by atoms with Crippen LogP contribution in [0.2, 0.25) is 0 Å². The van der Waals surface area contributed by atoms with E-state index in [4.69, 9.17) is 29.6 Å². The van der Waals surface area contributed by atoms with Crippen LogP contribution in [0.3, 0.4) is 0 Å². The van der Waals surface area contributed by atoms with Gasteiger partial charge in [0.15, 0.2) is 0 Å². The molecule has 0 aliphatic heterocycles. The predicted octanol–water partition coefficient (Wildman–Crippen LogP) is 27.0. The van der Waals surface area contributed by atoms with Gasteiger partial charge in [0, 0.05) is 115 Å². The van der Waals surface area contributed by atoms with Crippen LogP contribution in [0.15, 0.2) is 344 Å². The van der Waals surface area contributed by atoms with Gasteiger partial charge in [0.2, 0.25) is 0 Å². The fourth-order valence-corrected chi connectivity index (χ4v) is 18.9. The summed E-state index contributed by atoms with van der Waals surface area (Å²) in [5, 5.41) is 13.8. The smallest absolute Gasteiger partial charge is 0.537 e. The van der Waals surface area contributed by atoms with Crippen molar-refractivity contribution in [3.05, 3.63) is 389 Å². The summed E-state index contributed by atoms with van der Waals surface area (Å²) in [6, 6.07) is 120. The largest absolute Gasteiger partial charge is 0.569 e. The highest BCUT2D eigenvalue weighted by molar-refractivity contribution is 9.10. The number of anilines is 6. The molecule has 1 radical (unpaired) electrons. The van der Waals surface area contributed by atoms with E-state index in [1.54, 1.807) is 0 Å². The Kier molecular flexibility index (Phi) is 18.1. The van der Waals surface area contributed by atoms with E-state index in [2.05, 4.69) is 369 Å². The van der Waals surface area contributed by atoms with Crippen molar-refractivity contribution in [2.24, 2.45) is 0 Å². The van der Waals surface area contributed by atoms with Gasteiger partial charge in [-0.25, -0.2) is 19.9 Å². The van der Waals surface area contributed by atoms with E-state index in [1.807, 2.05) is 60.7 Å². The molecule has 117 heavy (non-hydrogen) atoms. The summed E-state index contributed by atoms with van der Waals surface area (Å²) in [6.45, 7) is 18.3. The summed E-state index contributed by atoms with van der Waals surface area (Å²) in [5.41, 5.74) is 33.2. The molecule has 1 N–H and O–H groups in total. The molecule has 0 amide bonds. The predicted molar refractivity (Wildman–Crippen MR) is 487 cm³/mol. The molecule has 4 aromatic heterocycles. The van der Waals surface area contributed by atoms with Crippen molar-refractivity contribution in [1.82, 2.24) is 29.1 Å². The van der Waals surface area contributed by atoms with Crippen molar-refractivity contribution in [3.8, 4) is 73.3 Å². The lowest BCUT2D eigenvalue weighted by Gasteiger charge is -2.25. The molecule has 10 nitrogen and oxygen atoms in total. The zero-order chi connectivity index (χ0) is 78.9. The quantitative estimate of drug-likeness (QED) is 0.128. The van der Waals surface area contributed by atoms with Crippen LogP contribution in [0.5, 0.6) is 5.75 Å². The third-order valence-electron chi connectivity index (χ3n) is 24.4. The van der Waals surface area contributed by atoms with E-state index in [0.717, 1.165) is 89.8 Å². The molecule has 4 aliphatic rings. The number of hydrogen-bond acceptors (Lipinski definition) is 8. The van der Waals surface area contributed by atoms with Gasteiger partial charge in [0.1, 0.15) is 5.75 Å². The summed E-state index contributed by atoms with van der Waals surface area (Å²) in [7, 11) is 0.682. The van der Waals surface area contributed by atoms with Crippen molar-refractivity contribution >= 4 is 101 Å². The molecule has 14 aromatic carbocycles. The van der Waals surface area contributed by atoms with Crippen molar-refractivity contribution in [2.75, 3.05) is 9.80 Å². The molecule has 567 valence electrons. The molecule has 22 rings (SSSR count). The van der Waals surface area contributed by atoms with E-state index >= 15 is 0 Å². The second kappa shape index (κ2) is 28.6. The molecule has 0 saturated carbocycles. The van der Waals surface area contributed by atoms with Gasteiger partial charge in [-0.05, 0) is 185 Å². The summed E-state index contributed by atoms with van der Waals surface area (Å²) in [6.07, 6.45) is 0. The summed E-state index contributed by atoms with van der Waals surface area (Å²) < 4.78 is 10.8. The lowest BCUT2D eigenvalue weighted by molar-refractivity contribution is 0.454. The SMILES string of the molecule is C.CC1(C)c2cc(-c3ccc(N(c4ccccc4)c4ccccc4)cc3)ccc2-c2nc3c(nc21)-c1ccc(-n2c4ccccc4c4ccccc42)cc1C3(C)C.CC1(C)c2cc(Br)ccc2-c2nc3c(nc21)-c1ccc(-n2c4ccccc4c4ccccc42)cc1C3(C)C.O[B]Oc1ccc(N(c2ccccc2)c2ccccc2)cc1. The van der Waals surface area contributed by atoms with E-state index in [-0.39, 0.29) is 29.1 Å². The third-order valence-corrected chi connectivity index (χ3v) is 24.9. The van der Waals surface area contributed by atoms with Gasteiger partial charge in [0.05, 0.1) is 67.6 Å². The van der Waals surface area contributed by atoms with Crippen LogP contribution in [-0.4, -0.2) is 41.8 Å². The van der Waals surface area contributed by atoms with E-state index in [9.17, 15) is 0 Å². The minimum absolute atomic E-state index is 0. The second-order valence-corrected chi connectivity index (χ2v) is 33.6. The van der Waals surface area contributed by atoms with E-state index < -0.39 is 0 Å². The van der Waals surface area contributed by atoms with E-state index in [0.29, 0.717) is 13.4 Å². The number of halogens is 1. The number of aromatic nitrogens is 6. The van der Waals surface area contributed by atoms with Crippen molar-refractivity contribution < 1.29 is 9.68 Å². The number of benzene rings is 14. The Morgan fingerprint density at radius 2 is 0.573 bits per heavy atom. The van der Waals surface area contributed by atoms with Crippen LogP contribution in [0.4, 0.5) is 34.1 Å². The molecule has 4 heterocycles. The Bertz CT molecular complexity index is 6740. The number of hydrogen-bond donors (Lipinski definition) is 1. The number of rotatable bonds is 11. The molecule has 12 heteroatoms. The van der Waals surface area contributed by atoms with Gasteiger partial charge in [0.25, 0.3) is 0 Å². The lowest BCUT2D eigenvalue weighted by Crippen LogP contribution is -2.20. The van der Waals surface area contributed by atoms with Crippen molar-refractivity contribution in [2.45, 2.75) is 84.5 Å². The summed E-state index contributed by atoms with van der Waals surface area (Å²) >= 11 is 3.66. The molecule has 0 saturated heterocycles. The maximum Gasteiger partial charge on any atom is 0.569 e. The first-order chi connectivity index (χ1) is 56.4. The standard InChI is InChI=1S/C52H40N4.C34H26BrN3.C18H15BNO2.CH4/c1-51(2)43-31-34(33-23-26-37(27-24-33)55(35-15-7-5-8-16-35)36-17-9-6-10-18-36)25-29-41(43)47-49(51)54-48-42-30-28-38(32-44(42)52(3,4)50(48)53-47)56-45-21-13-11-19-39(45)40-20-12-14-22-46(40)56;1-33(2)25-17-19(35)13-15-23(25)29-31(33)37-30-24-16-14-20(18-26(24)34(3,4)32(30)36-29)38-27-11-7-5-9-21(27)22-10-6-8-12-28(22)38;21-19-22-18-13-11-17(12-14-18)20(15-7-3-1-4-8-15)16-9-5-2-6-10-16;/h5-32H,1-4H3;5-18H,1-4H3;1-14,21H;1H4. The number of para-hydroxylation sites is 8. The molecule has 0 atom stereocenters. The van der Waals surface area contributed by atoms with Gasteiger partial charge in [-0.2, -0.15) is 0 Å². The van der Waals surface area contributed by atoms with Crippen LogP contribution in [0.25, 0.3) is 111 Å². The number of fused-ring (bicyclic) bond motifs is 18. The highest BCUT2D eigenvalue weighted by Crippen LogP contribution is 2.57. The van der Waals surface area contributed by atoms with Gasteiger partial charge < -0.3 is 28.6 Å². The molecule has 0 fully saturated rings. The van der Waals surface area contributed by atoms with Crippen LogP contribution in [0.1, 0.15) is 108 Å². The first-order valence-corrected chi connectivity index (χ1v) is 40.4. The van der Waals surface area contributed by atoms with Gasteiger partial charge >= 0.3 is 7.69 Å². The number of nitrogens with zero attached hydrogens (tertiary/aromatic N) is 8. The van der Waals surface area contributed by atoms with Gasteiger partial charge in [-0.15, -0.1) is 0 Å². The highest BCUT2D eigenvalue weighted by Gasteiger charge is 2.47. The third kappa shape index (κ3) is 12.1. The molecule has 0 unspecified atom stereocenters. The molecular formula is C105H85BBrN8O2. The first-order valence-electron chi connectivity index (χ1n) is 39.7. The summed E-state index contributed by atoms with van der Waals surface area (Å²) in [5.74, 6) is 0.590. The van der Waals surface area contributed by atoms with E-state index in [1.165, 1.54) is 105 Å². The zero-order valence-electron chi connectivity index (χ0n) is 65.7. The molecule has 4 aliphatic carbocycles. The minimum atomic E-state index is -0.316. The minimum Gasteiger partial charge on any atom is -0.537 e. The Morgan fingerprint density at radius 1 is 0.299 bits per heavy atom. The molecule has 0 bridgehead atoms. The fraction of sp³-hybridized carbons (Fsp3) is 0.124. The van der Waals surface area contributed by atoms with Crippen LogP contribution in [-0.2, 0) is 21.7 Å². The Morgan fingerprint density at radius 3 is 0.915 bits per heavy atom. The van der Waals surface area contributed by atoms with Crippen LogP contribution >= 0.6 is 15.9 Å². The van der Waals surface area contributed by atoms with Crippen LogP contribution < -0.4 is 14.5 Å². The summed E-state index contributed by atoms with van der Waals surface area (Å²) in [4.78, 5) is 26.3. The molecule has 0 spiro atoms. The Labute approximate surface area is 692 Å². The van der Waals surface area contributed by atoms with Gasteiger partial charge in [-0.1, -0.05) is 267 Å². The maximum absolute atomic E-state index is 8.70. The van der Waals surface area contributed by atoms with Crippen molar-refractivity contribution in [3.63, 3.8) is 0 Å². The monoisotopic (exact) mass is 1580 g/mol. The molecule has 18 aromatic rings. The average molecular weight is 1580 g/mol. The fourth-order valence-electron chi connectivity index (χ4n) is 18.5. The topological polar surface area (TPSA) is 97.4 Å². The second-order valence-electron chi connectivity index (χ2n) is 32.7. The maximum atomic E-state index is 8.70. The lowest BCUT2D eigenvalue weighted by atomic mass is 9.84. The average Bonchev–Trinajstić information content (AvgIpc) is 1.54. The normalized spacial score (nSPS) is 13.9. The zero-order valence-corrected chi connectivity index (χ0v) is 67.3. The van der Waals surface area contributed by atoms with Gasteiger partial charge in [-0.3, -0.25) is 0 Å². The highest BCUT2D eigenvalue weighted by atomic mass is 79.9. The Hall–Kier alpha value is -13.3. The van der Waals surface area contributed by atoms with Crippen molar-refractivity contribution in [1.29, 1.82) is 0 Å². The van der Waals surface area contributed by atoms with Crippen LogP contribution in [0, 0.1) is 0 Å².